The van der Waals surface area contributed by atoms with E-state index in [0.29, 0.717) is 13.2 Å². The number of hydrogen-bond donors (Lipinski definition) is 1. The van der Waals surface area contributed by atoms with Crippen molar-refractivity contribution in [2.75, 3.05) is 45.9 Å². The van der Waals surface area contributed by atoms with Crippen molar-refractivity contribution in [3.63, 3.8) is 0 Å². The number of morpholine rings is 1. The van der Waals surface area contributed by atoms with Crippen molar-refractivity contribution in [1.29, 1.82) is 0 Å². The van der Waals surface area contributed by atoms with Crippen LogP contribution in [0.3, 0.4) is 0 Å². The van der Waals surface area contributed by atoms with Gasteiger partial charge in [0.15, 0.2) is 0 Å². The van der Waals surface area contributed by atoms with E-state index in [0.717, 1.165) is 32.7 Å². The lowest BCUT2D eigenvalue weighted by atomic mass is 10.2. The van der Waals surface area contributed by atoms with Gasteiger partial charge >= 0.3 is 0 Å². The smallest absolute Gasteiger partial charge is 0.253 e. The second-order valence-corrected chi connectivity index (χ2v) is 3.56. The molecule has 5 nitrogen and oxygen atoms in total. The molecular weight excluding hydrogens is 182 g/mol. The molecule has 0 aromatic carbocycles. The van der Waals surface area contributed by atoms with Crippen LogP contribution < -0.4 is 10.6 Å². The van der Waals surface area contributed by atoms with Gasteiger partial charge < -0.3 is 15.0 Å². The lowest BCUT2D eigenvalue weighted by molar-refractivity contribution is -0.145. The summed E-state index contributed by atoms with van der Waals surface area (Å²) in [6.45, 7) is 5.16. The minimum Gasteiger partial charge on any atom is -0.366 e. The van der Waals surface area contributed by atoms with E-state index in [1.165, 1.54) is 0 Å². The molecule has 0 bridgehead atoms. The molecule has 1 N–H and O–H groups in total. The Morgan fingerprint density at radius 1 is 1.43 bits per heavy atom. The Bertz CT molecular complexity index is 178. The van der Waals surface area contributed by atoms with Crippen molar-refractivity contribution in [2.24, 2.45) is 0 Å². The molecule has 1 atom stereocenters. The number of carbonyl (C=O) groups excluding carboxylic acids is 1. The first-order chi connectivity index (χ1) is 6.88. The van der Waals surface area contributed by atoms with Crippen molar-refractivity contribution >= 4 is 5.91 Å². The SMILES string of the molecule is O=C(C1CNCCO1)N1CC[N]CC1. The van der Waals surface area contributed by atoms with Crippen LogP contribution in [0.15, 0.2) is 0 Å². The number of nitrogens with zero attached hydrogens (tertiary/aromatic N) is 2. The molecule has 1 radical (unpaired) electrons. The van der Waals surface area contributed by atoms with Crippen molar-refractivity contribution in [3.8, 4) is 0 Å². The van der Waals surface area contributed by atoms with E-state index in [-0.39, 0.29) is 12.0 Å². The Morgan fingerprint density at radius 3 is 2.86 bits per heavy atom. The van der Waals surface area contributed by atoms with Crippen molar-refractivity contribution in [3.05, 3.63) is 0 Å². The fourth-order valence-electron chi connectivity index (χ4n) is 1.75. The summed E-state index contributed by atoms with van der Waals surface area (Å²) >= 11 is 0. The maximum absolute atomic E-state index is 11.9. The quantitative estimate of drug-likeness (QED) is 0.553. The van der Waals surface area contributed by atoms with E-state index in [9.17, 15) is 4.79 Å². The summed E-state index contributed by atoms with van der Waals surface area (Å²) in [6.07, 6.45) is -0.276. The second-order valence-electron chi connectivity index (χ2n) is 3.56. The molecule has 5 heteroatoms. The van der Waals surface area contributed by atoms with Gasteiger partial charge in [0.2, 0.25) is 0 Å². The minimum atomic E-state index is -0.276. The minimum absolute atomic E-state index is 0.118. The predicted molar refractivity (Wildman–Crippen MR) is 51.1 cm³/mol. The van der Waals surface area contributed by atoms with Gasteiger partial charge in [-0.3, -0.25) is 4.79 Å². The second kappa shape index (κ2) is 4.72. The molecule has 0 aromatic rings. The van der Waals surface area contributed by atoms with Gasteiger partial charge in [-0.1, -0.05) is 0 Å². The average Bonchev–Trinajstić information content (AvgIpc) is 2.30. The first kappa shape index (κ1) is 9.89. The Balaban J connectivity index is 1.85. The molecule has 0 saturated carbocycles. The lowest BCUT2D eigenvalue weighted by Crippen LogP contribution is -2.53. The van der Waals surface area contributed by atoms with Gasteiger partial charge in [0.1, 0.15) is 6.10 Å². The summed E-state index contributed by atoms with van der Waals surface area (Å²) in [6, 6.07) is 0. The van der Waals surface area contributed by atoms with Crippen LogP contribution in [-0.2, 0) is 9.53 Å². The molecule has 2 fully saturated rings. The Hall–Kier alpha value is -0.650. The number of rotatable bonds is 1. The summed E-state index contributed by atoms with van der Waals surface area (Å²) in [5.74, 6) is 0.118. The highest BCUT2D eigenvalue weighted by atomic mass is 16.5. The van der Waals surface area contributed by atoms with Crippen LogP contribution in [-0.4, -0.2) is 62.8 Å². The average molecular weight is 198 g/mol. The summed E-state index contributed by atoms with van der Waals surface area (Å²) in [4.78, 5) is 13.7. The highest BCUT2D eigenvalue weighted by Gasteiger charge is 2.27. The molecule has 79 valence electrons. The molecule has 2 heterocycles. The molecule has 0 aliphatic carbocycles. The topological polar surface area (TPSA) is 55.7 Å². The zero-order chi connectivity index (χ0) is 9.80. The van der Waals surface area contributed by atoms with Crippen molar-refractivity contribution < 1.29 is 9.53 Å². The van der Waals surface area contributed by atoms with Crippen LogP contribution in [0.1, 0.15) is 0 Å². The summed E-state index contributed by atoms with van der Waals surface area (Å²) in [7, 11) is 0. The monoisotopic (exact) mass is 198 g/mol. The molecule has 2 rings (SSSR count). The molecule has 2 saturated heterocycles. The number of piperazine rings is 1. The van der Waals surface area contributed by atoms with Gasteiger partial charge in [0, 0.05) is 39.3 Å². The number of amides is 1. The molecule has 14 heavy (non-hydrogen) atoms. The maximum atomic E-state index is 11.9. The van der Waals surface area contributed by atoms with Crippen molar-refractivity contribution in [1.82, 2.24) is 15.5 Å². The standard InChI is InChI=1S/C9H16N3O2/c13-9(8-7-11-3-6-14-8)12-4-1-10-2-5-12/h8,11H,1-7H2. The predicted octanol–water partition coefficient (Wildman–Crippen LogP) is -1.58. The van der Waals surface area contributed by atoms with Gasteiger partial charge in [-0.15, -0.1) is 0 Å². The summed E-state index contributed by atoms with van der Waals surface area (Å²) in [5, 5.41) is 7.36. The molecular formula is C9H16N3O2. The largest absolute Gasteiger partial charge is 0.366 e. The van der Waals surface area contributed by atoms with Crippen LogP contribution in [0.4, 0.5) is 0 Å². The zero-order valence-corrected chi connectivity index (χ0v) is 8.24. The van der Waals surface area contributed by atoms with Crippen LogP contribution in [0.25, 0.3) is 0 Å². The molecule has 1 amide bonds. The third-order valence-electron chi connectivity index (χ3n) is 2.57. The van der Waals surface area contributed by atoms with Gasteiger partial charge in [-0.2, -0.15) is 0 Å². The zero-order valence-electron chi connectivity index (χ0n) is 8.24. The van der Waals surface area contributed by atoms with Gasteiger partial charge in [-0.25, -0.2) is 5.32 Å². The van der Waals surface area contributed by atoms with E-state index < -0.39 is 0 Å². The van der Waals surface area contributed by atoms with Crippen LogP contribution in [0.2, 0.25) is 0 Å². The van der Waals surface area contributed by atoms with Crippen molar-refractivity contribution in [2.45, 2.75) is 6.10 Å². The van der Waals surface area contributed by atoms with E-state index in [1.54, 1.807) is 0 Å². The molecule has 0 spiro atoms. The maximum Gasteiger partial charge on any atom is 0.253 e. The number of ether oxygens (including phenoxy) is 1. The van der Waals surface area contributed by atoms with E-state index >= 15 is 0 Å². The van der Waals surface area contributed by atoms with Gasteiger partial charge in [0.25, 0.3) is 5.91 Å². The normalized spacial score (nSPS) is 28.9. The highest BCUT2D eigenvalue weighted by Crippen LogP contribution is 2.03. The van der Waals surface area contributed by atoms with E-state index in [4.69, 9.17) is 4.74 Å². The molecule has 2 aliphatic rings. The number of carbonyl (C=O) groups is 1. The van der Waals surface area contributed by atoms with E-state index in [1.807, 2.05) is 4.90 Å². The Kier molecular flexibility index (Phi) is 3.34. The van der Waals surface area contributed by atoms with Crippen LogP contribution >= 0.6 is 0 Å². The molecule has 0 aromatic heterocycles. The van der Waals surface area contributed by atoms with Gasteiger partial charge in [-0.05, 0) is 0 Å². The Morgan fingerprint density at radius 2 is 2.21 bits per heavy atom. The summed E-state index contributed by atoms with van der Waals surface area (Å²) < 4.78 is 5.41. The third kappa shape index (κ3) is 2.23. The number of hydrogen-bond acceptors (Lipinski definition) is 3. The fourth-order valence-corrected chi connectivity index (χ4v) is 1.75. The highest BCUT2D eigenvalue weighted by molar-refractivity contribution is 5.81. The number of nitrogens with one attached hydrogen (secondary N) is 1. The third-order valence-corrected chi connectivity index (χ3v) is 2.57. The first-order valence-electron chi connectivity index (χ1n) is 5.12. The summed E-state index contributed by atoms with van der Waals surface area (Å²) in [5.41, 5.74) is 0. The fraction of sp³-hybridized carbons (Fsp3) is 0.889. The lowest BCUT2D eigenvalue weighted by Gasteiger charge is -2.31. The molecule has 2 aliphatic heterocycles. The van der Waals surface area contributed by atoms with Crippen LogP contribution in [0, 0.1) is 0 Å². The first-order valence-corrected chi connectivity index (χ1v) is 5.12. The molecule has 1 unspecified atom stereocenters. The van der Waals surface area contributed by atoms with E-state index in [2.05, 4.69) is 10.6 Å². The Labute approximate surface area is 83.8 Å². The van der Waals surface area contributed by atoms with Crippen LogP contribution in [0.5, 0.6) is 0 Å². The van der Waals surface area contributed by atoms with Gasteiger partial charge in [0.05, 0.1) is 6.61 Å².